The minimum absolute atomic E-state index is 0.0928. The highest BCUT2D eigenvalue weighted by Gasteiger charge is 2.33. The second-order valence-electron chi connectivity index (χ2n) is 5.11. The van der Waals surface area contributed by atoms with Crippen LogP contribution in [0.2, 0.25) is 0 Å². The van der Waals surface area contributed by atoms with Gasteiger partial charge in [-0.3, -0.25) is 0 Å². The van der Waals surface area contributed by atoms with Crippen molar-refractivity contribution in [3.63, 3.8) is 0 Å². The Labute approximate surface area is 141 Å². The molecule has 8 heteroatoms. The van der Waals surface area contributed by atoms with E-state index in [0.717, 1.165) is 6.07 Å². The Kier molecular flexibility index (Phi) is 4.35. The van der Waals surface area contributed by atoms with Gasteiger partial charge in [-0.05, 0) is 18.2 Å². The summed E-state index contributed by atoms with van der Waals surface area (Å²) in [5, 5.41) is 3.25. The van der Waals surface area contributed by atoms with Gasteiger partial charge in [-0.25, -0.2) is 9.97 Å². The number of rotatable bonds is 4. The number of ether oxygens (including phenoxy) is 2. The molecule has 0 aliphatic rings. The zero-order valence-electron chi connectivity index (χ0n) is 13.4. The van der Waals surface area contributed by atoms with E-state index in [1.165, 1.54) is 38.7 Å². The second-order valence-corrected chi connectivity index (χ2v) is 5.11. The minimum atomic E-state index is -4.48. The van der Waals surface area contributed by atoms with Gasteiger partial charge in [-0.2, -0.15) is 13.2 Å². The smallest absolute Gasteiger partial charge is 0.418 e. The molecule has 2 aromatic carbocycles. The monoisotopic (exact) mass is 349 g/mol. The van der Waals surface area contributed by atoms with Gasteiger partial charge in [0.25, 0.3) is 0 Å². The molecule has 0 amide bonds. The van der Waals surface area contributed by atoms with Crippen LogP contribution in [0.1, 0.15) is 5.56 Å². The van der Waals surface area contributed by atoms with Crippen LogP contribution in [0.5, 0.6) is 11.5 Å². The number of hydrogen-bond donors (Lipinski definition) is 1. The van der Waals surface area contributed by atoms with Crippen LogP contribution in [0.3, 0.4) is 0 Å². The van der Waals surface area contributed by atoms with E-state index in [1.54, 1.807) is 12.1 Å². The molecule has 1 heterocycles. The molecule has 25 heavy (non-hydrogen) atoms. The Balaban J connectivity index is 2.12. The first-order valence-corrected chi connectivity index (χ1v) is 7.24. The number of hydrogen-bond acceptors (Lipinski definition) is 5. The average molecular weight is 349 g/mol. The summed E-state index contributed by atoms with van der Waals surface area (Å²) in [5.41, 5.74) is -0.355. The van der Waals surface area contributed by atoms with Crippen LogP contribution in [0.25, 0.3) is 10.9 Å². The Bertz CT molecular complexity index is 913. The van der Waals surface area contributed by atoms with E-state index in [1.807, 2.05) is 0 Å². The summed E-state index contributed by atoms with van der Waals surface area (Å²) >= 11 is 0. The number of methoxy groups -OCH3 is 2. The van der Waals surface area contributed by atoms with Crippen LogP contribution in [0, 0.1) is 0 Å². The molecule has 0 fully saturated rings. The maximum absolute atomic E-state index is 13.2. The predicted molar refractivity (Wildman–Crippen MR) is 87.4 cm³/mol. The predicted octanol–water partition coefficient (Wildman–Crippen LogP) is 4.41. The fourth-order valence-corrected chi connectivity index (χ4v) is 2.45. The van der Waals surface area contributed by atoms with Crippen LogP contribution in [-0.2, 0) is 6.18 Å². The van der Waals surface area contributed by atoms with Crippen LogP contribution in [-0.4, -0.2) is 24.2 Å². The SMILES string of the molecule is COc1cc2ncnc(Nc3ccccc3C(F)(F)F)c2cc1OC. The summed E-state index contributed by atoms with van der Waals surface area (Å²) in [6.45, 7) is 0. The van der Waals surface area contributed by atoms with Gasteiger partial charge in [-0.15, -0.1) is 0 Å². The largest absolute Gasteiger partial charge is 0.493 e. The number of alkyl halides is 3. The van der Waals surface area contributed by atoms with E-state index in [2.05, 4.69) is 15.3 Å². The van der Waals surface area contributed by atoms with E-state index in [0.29, 0.717) is 22.4 Å². The van der Waals surface area contributed by atoms with Gasteiger partial charge in [0.15, 0.2) is 11.5 Å². The number of benzene rings is 2. The van der Waals surface area contributed by atoms with Gasteiger partial charge in [0.1, 0.15) is 12.1 Å². The van der Waals surface area contributed by atoms with E-state index >= 15 is 0 Å². The summed E-state index contributed by atoms with van der Waals surface area (Å²) in [6.07, 6.45) is -3.21. The molecule has 0 aliphatic heterocycles. The Morgan fingerprint density at radius 2 is 1.64 bits per heavy atom. The van der Waals surface area contributed by atoms with Crippen molar-refractivity contribution in [2.45, 2.75) is 6.18 Å². The lowest BCUT2D eigenvalue weighted by molar-refractivity contribution is -0.136. The molecule has 0 unspecified atom stereocenters. The number of para-hydroxylation sites is 1. The topological polar surface area (TPSA) is 56.3 Å². The van der Waals surface area contributed by atoms with E-state index in [-0.39, 0.29) is 11.5 Å². The standard InChI is InChI=1S/C17H14F3N3O2/c1-24-14-7-10-13(8-15(14)25-2)21-9-22-16(10)23-12-6-4-3-5-11(12)17(18,19)20/h3-9H,1-2H3,(H,21,22,23). The van der Waals surface area contributed by atoms with Crippen molar-refractivity contribution < 1.29 is 22.6 Å². The van der Waals surface area contributed by atoms with Crippen molar-refractivity contribution in [1.82, 2.24) is 9.97 Å². The summed E-state index contributed by atoms with van der Waals surface area (Å²) in [4.78, 5) is 8.20. The third-order valence-electron chi connectivity index (χ3n) is 3.63. The molecule has 0 spiro atoms. The first-order valence-electron chi connectivity index (χ1n) is 7.24. The van der Waals surface area contributed by atoms with E-state index in [4.69, 9.17) is 9.47 Å². The molecule has 1 N–H and O–H groups in total. The normalized spacial score (nSPS) is 11.4. The molecule has 0 saturated heterocycles. The number of anilines is 2. The maximum atomic E-state index is 13.2. The van der Waals surface area contributed by atoms with Gasteiger partial charge in [0, 0.05) is 11.5 Å². The highest BCUT2D eigenvalue weighted by molar-refractivity contribution is 5.93. The molecule has 5 nitrogen and oxygen atoms in total. The van der Waals surface area contributed by atoms with Crippen molar-refractivity contribution >= 4 is 22.4 Å². The number of nitrogens with one attached hydrogen (secondary N) is 1. The number of aromatic nitrogens is 2. The number of fused-ring (bicyclic) bond motifs is 1. The number of halogens is 3. The van der Waals surface area contributed by atoms with Crippen LogP contribution < -0.4 is 14.8 Å². The summed E-state index contributed by atoms with van der Waals surface area (Å²) in [6, 6.07) is 8.46. The second kappa shape index (κ2) is 6.46. The number of nitrogens with zero attached hydrogens (tertiary/aromatic N) is 2. The third kappa shape index (κ3) is 3.28. The molecule has 1 aromatic heterocycles. The van der Waals surface area contributed by atoms with Gasteiger partial charge in [-0.1, -0.05) is 12.1 Å². The molecule has 0 bridgehead atoms. The molecular formula is C17H14F3N3O2. The average Bonchev–Trinajstić information content (AvgIpc) is 2.60. The van der Waals surface area contributed by atoms with Crippen LogP contribution >= 0.6 is 0 Å². The van der Waals surface area contributed by atoms with E-state index < -0.39 is 11.7 Å². The summed E-state index contributed by atoms with van der Waals surface area (Å²) in [7, 11) is 2.96. The van der Waals surface area contributed by atoms with Crippen LogP contribution in [0.4, 0.5) is 24.7 Å². The van der Waals surface area contributed by atoms with Gasteiger partial charge in [0.2, 0.25) is 0 Å². The lowest BCUT2D eigenvalue weighted by Crippen LogP contribution is -2.09. The van der Waals surface area contributed by atoms with Gasteiger partial charge < -0.3 is 14.8 Å². The molecule has 0 aliphatic carbocycles. The first kappa shape index (κ1) is 16.8. The van der Waals surface area contributed by atoms with Crippen molar-refractivity contribution in [3.8, 4) is 11.5 Å². The van der Waals surface area contributed by atoms with Gasteiger partial charge >= 0.3 is 6.18 Å². The molecular weight excluding hydrogens is 335 g/mol. The van der Waals surface area contributed by atoms with Crippen molar-refractivity contribution in [3.05, 3.63) is 48.3 Å². The zero-order valence-corrected chi connectivity index (χ0v) is 13.4. The highest BCUT2D eigenvalue weighted by Crippen LogP contribution is 2.38. The Morgan fingerprint density at radius 3 is 2.32 bits per heavy atom. The van der Waals surface area contributed by atoms with Crippen molar-refractivity contribution in [2.24, 2.45) is 0 Å². The first-order chi connectivity index (χ1) is 11.9. The van der Waals surface area contributed by atoms with Crippen molar-refractivity contribution in [2.75, 3.05) is 19.5 Å². The van der Waals surface area contributed by atoms with E-state index in [9.17, 15) is 13.2 Å². The van der Waals surface area contributed by atoms with Gasteiger partial charge in [0.05, 0.1) is 31.0 Å². The lowest BCUT2D eigenvalue weighted by atomic mass is 10.1. The fraction of sp³-hybridized carbons (Fsp3) is 0.176. The van der Waals surface area contributed by atoms with Crippen LogP contribution in [0.15, 0.2) is 42.7 Å². The minimum Gasteiger partial charge on any atom is -0.493 e. The molecule has 0 saturated carbocycles. The third-order valence-corrected chi connectivity index (χ3v) is 3.63. The quantitative estimate of drug-likeness (QED) is 0.756. The fourth-order valence-electron chi connectivity index (χ4n) is 2.45. The molecule has 0 atom stereocenters. The zero-order chi connectivity index (χ0) is 18.0. The Hall–Kier alpha value is -3.03. The molecule has 3 aromatic rings. The maximum Gasteiger partial charge on any atom is 0.418 e. The lowest BCUT2D eigenvalue weighted by Gasteiger charge is -2.15. The molecule has 0 radical (unpaired) electrons. The highest BCUT2D eigenvalue weighted by atomic mass is 19.4. The molecule has 130 valence electrons. The summed E-state index contributed by atoms with van der Waals surface area (Å²) < 4.78 is 50.0. The van der Waals surface area contributed by atoms with Crippen molar-refractivity contribution in [1.29, 1.82) is 0 Å². The Morgan fingerprint density at radius 1 is 0.960 bits per heavy atom. The molecule has 3 rings (SSSR count). The summed E-state index contributed by atoms with van der Waals surface area (Å²) in [5.74, 6) is 1.13.